The lowest BCUT2D eigenvalue weighted by atomic mass is 9.85. The minimum atomic E-state index is 0.823. The van der Waals surface area contributed by atoms with Crippen LogP contribution in [0.1, 0.15) is 48.4 Å². The van der Waals surface area contributed by atoms with Gasteiger partial charge in [-0.1, -0.05) is 0 Å². The highest BCUT2D eigenvalue weighted by atomic mass is 14.9. The standard InChI is InChI=1S/C13H20N2/c1-2-4-13-11(3-1)12(9-15-13)10-5-7-14-8-6-10/h9-10,14-15H,1-8H2. The van der Waals surface area contributed by atoms with Crippen molar-refractivity contribution in [3.63, 3.8) is 0 Å². The summed E-state index contributed by atoms with van der Waals surface area (Å²) < 4.78 is 0. The van der Waals surface area contributed by atoms with E-state index >= 15 is 0 Å². The quantitative estimate of drug-likeness (QED) is 0.722. The van der Waals surface area contributed by atoms with Crippen molar-refractivity contribution in [1.29, 1.82) is 0 Å². The Morgan fingerprint density at radius 2 is 1.87 bits per heavy atom. The number of hydrogen-bond donors (Lipinski definition) is 2. The summed E-state index contributed by atoms with van der Waals surface area (Å²) in [4.78, 5) is 3.50. The van der Waals surface area contributed by atoms with E-state index in [-0.39, 0.29) is 0 Å². The third-order valence-electron chi connectivity index (χ3n) is 4.00. The zero-order valence-electron chi connectivity index (χ0n) is 9.31. The van der Waals surface area contributed by atoms with Crippen LogP contribution in [-0.4, -0.2) is 18.1 Å². The lowest BCUT2D eigenvalue weighted by Gasteiger charge is -2.24. The summed E-state index contributed by atoms with van der Waals surface area (Å²) in [5.74, 6) is 0.823. The number of aryl methyl sites for hydroxylation is 1. The minimum absolute atomic E-state index is 0.823. The van der Waals surface area contributed by atoms with E-state index in [0.717, 1.165) is 5.92 Å². The van der Waals surface area contributed by atoms with E-state index in [9.17, 15) is 0 Å². The largest absolute Gasteiger partial charge is 0.364 e. The summed E-state index contributed by atoms with van der Waals surface area (Å²) in [6.07, 6.45) is 10.3. The lowest BCUT2D eigenvalue weighted by Crippen LogP contribution is -2.27. The second-order valence-electron chi connectivity index (χ2n) is 4.93. The Kier molecular flexibility index (Phi) is 2.53. The topological polar surface area (TPSA) is 27.8 Å². The molecule has 2 N–H and O–H groups in total. The second kappa shape index (κ2) is 4.01. The maximum atomic E-state index is 3.50. The molecule has 15 heavy (non-hydrogen) atoms. The van der Waals surface area contributed by atoms with Gasteiger partial charge in [-0.2, -0.15) is 0 Å². The van der Waals surface area contributed by atoms with Crippen LogP contribution in [0.4, 0.5) is 0 Å². The van der Waals surface area contributed by atoms with Crippen LogP contribution in [0, 0.1) is 0 Å². The Morgan fingerprint density at radius 1 is 1.07 bits per heavy atom. The summed E-state index contributed by atoms with van der Waals surface area (Å²) >= 11 is 0. The molecule has 1 aliphatic heterocycles. The molecule has 0 bridgehead atoms. The number of rotatable bonds is 1. The highest BCUT2D eigenvalue weighted by Crippen LogP contribution is 2.33. The Bertz CT molecular complexity index is 334. The van der Waals surface area contributed by atoms with Crippen molar-refractivity contribution in [2.75, 3.05) is 13.1 Å². The first-order chi connectivity index (χ1) is 7.45. The van der Waals surface area contributed by atoms with Crippen molar-refractivity contribution in [3.8, 4) is 0 Å². The number of piperidine rings is 1. The van der Waals surface area contributed by atoms with Crippen LogP contribution in [0.5, 0.6) is 0 Å². The SMILES string of the molecule is c1[nH]c2c(c1C1CCNCC1)CCCC2. The molecule has 2 nitrogen and oxygen atoms in total. The van der Waals surface area contributed by atoms with Gasteiger partial charge in [-0.15, -0.1) is 0 Å². The molecule has 1 saturated heterocycles. The van der Waals surface area contributed by atoms with Crippen molar-refractivity contribution < 1.29 is 0 Å². The fourth-order valence-corrected chi connectivity index (χ4v) is 3.13. The molecule has 1 aliphatic carbocycles. The molecule has 2 aliphatic rings. The molecule has 82 valence electrons. The molecule has 0 atom stereocenters. The van der Waals surface area contributed by atoms with Crippen LogP contribution in [0.2, 0.25) is 0 Å². The Morgan fingerprint density at radius 3 is 2.73 bits per heavy atom. The predicted molar refractivity (Wildman–Crippen MR) is 62.3 cm³/mol. The first-order valence-electron chi connectivity index (χ1n) is 6.35. The smallest absolute Gasteiger partial charge is 0.0182 e. The van der Waals surface area contributed by atoms with E-state index in [2.05, 4.69) is 16.5 Å². The van der Waals surface area contributed by atoms with E-state index in [1.807, 2.05) is 0 Å². The van der Waals surface area contributed by atoms with Crippen molar-refractivity contribution in [1.82, 2.24) is 10.3 Å². The molecule has 0 amide bonds. The molecule has 1 aromatic heterocycles. The average Bonchev–Trinajstić information content (AvgIpc) is 2.74. The van der Waals surface area contributed by atoms with Gasteiger partial charge in [0.25, 0.3) is 0 Å². The van der Waals surface area contributed by atoms with Gasteiger partial charge in [0, 0.05) is 11.9 Å². The highest BCUT2D eigenvalue weighted by Gasteiger charge is 2.22. The van der Waals surface area contributed by atoms with Gasteiger partial charge in [0.1, 0.15) is 0 Å². The Balaban J connectivity index is 1.87. The van der Waals surface area contributed by atoms with Crippen LogP contribution in [0.3, 0.4) is 0 Å². The van der Waals surface area contributed by atoms with Gasteiger partial charge in [-0.25, -0.2) is 0 Å². The van der Waals surface area contributed by atoms with E-state index in [1.54, 1.807) is 11.1 Å². The number of aromatic amines is 1. The summed E-state index contributed by atoms with van der Waals surface area (Å²) in [6, 6.07) is 0. The van der Waals surface area contributed by atoms with E-state index in [0.29, 0.717) is 0 Å². The van der Waals surface area contributed by atoms with Crippen LogP contribution in [0.15, 0.2) is 6.20 Å². The van der Waals surface area contributed by atoms with Crippen molar-refractivity contribution in [2.45, 2.75) is 44.4 Å². The minimum Gasteiger partial charge on any atom is -0.364 e. The third-order valence-corrected chi connectivity index (χ3v) is 4.00. The monoisotopic (exact) mass is 204 g/mol. The molecule has 0 aromatic carbocycles. The fraction of sp³-hybridized carbons (Fsp3) is 0.692. The van der Waals surface area contributed by atoms with Crippen LogP contribution >= 0.6 is 0 Å². The van der Waals surface area contributed by atoms with Gasteiger partial charge in [0.15, 0.2) is 0 Å². The highest BCUT2D eigenvalue weighted by molar-refractivity contribution is 5.35. The van der Waals surface area contributed by atoms with E-state index in [4.69, 9.17) is 0 Å². The van der Waals surface area contributed by atoms with Crippen molar-refractivity contribution in [2.24, 2.45) is 0 Å². The van der Waals surface area contributed by atoms with Gasteiger partial charge in [-0.3, -0.25) is 0 Å². The Labute approximate surface area is 91.5 Å². The Hall–Kier alpha value is -0.760. The van der Waals surface area contributed by atoms with E-state index in [1.165, 1.54) is 57.3 Å². The molecule has 3 rings (SSSR count). The summed E-state index contributed by atoms with van der Waals surface area (Å²) in [5.41, 5.74) is 4.86. The molecular weight excluding hydrogens is 184 g/mol. The number of hydrogen-bond acceptors (Lipinski definition) is 1. The molecule has 0 spiro atoms. The fourth-order valence-electron chi connectivity index (χ4n) is 3.13. The molecule has 0 radical (unpaired) electrons. The van der Waals surface area contributed by atoms with Gasteiger partial charge < -0.3 is 10.3 Å². The number of aromatic nitrogens is 1. The molecule has 1 fully saturated rings. The number of H-pyrrole nitrogens is 1. The zero-order valence-corrected chi connectivity index (χ0v) is 9.31. The van der Waals surface area contributed by atoms with Crippen molar-refractivity contribution in [3.05, 3.63) is 23.0 Å². The van der Waals surface area contributed by atoms with Gasteiger partial charge >= 0.3 is 0 Å². The summed E-state index contributed by atoms with van der Waals surface area (Å²) in [7, 11) is 0. The molecule has 2 heteroatoms. The summed E-state index contributed by atoms with van der Waals surface area (Å²) in [6.45, 7) is 2.40. The number of fused-ring (bicyclic) bond motifs is 1. The summed E-state index contributed by atoms with van der Waals surface area (Å²) in [5, 5.41) is 3.45. The molecule has 2 heterocycles. The molecule has 1 aromatic rings. The van der Waals surface area contributed by atoms with Gasteiger partial charge in [0.2, 0.25) is 0 Å². The maximum Gasteiger partial charge on any atom is 0.0182 e. The van der Waals surface area contributed by atoms with Crippen molar-refractivity contribution >= 4 is 0 Å². The normalized spacial score (nSPS) is 22.7. The first kappa shape index (κ1) is 9.46. The third kappa shape index (κ3) is 1.71. The molecular formula is C13H20N2. The second-order valence-corrected chi connectivity index (χ2v) is 4.93. The average molecular weight is 204 g/mol. The van der Waals surface area contributed by atoms with Crippen LogP contribution in [0.25, 0.3) is 0 Å². The predicted octanol–water partition coefficient (Wildman–Crippen LogP) is 2.36. The zero-order chi connectivity index (χ0) is 10.1. The van der Waals surface area contributed by atoms with Crippen LogP contribution < -0.4 is 5.32 Å². The van der Waals surface area contributed by atoms with Gasteiger partial charge in [-0.05, 0) is 68.7 Å². The lowest BCUT2D eigenvalue weighted by molar-refractivity contribution is 0.457. The van der Waals surface area contributed by atoms with Crippen LogP contribution in [-0.2, 0) is 12.8 Å². The maximum absolute atomic E-state index is 3.50. The molecule has 0 saturated carbocycles. The van der Waals surface area contributed by atoms with Gasteiger partial charge in [0.05, 0.1) is 0 Å². The number of nitrogens with one attached hydrogen (secondary N) is 2. The first-order valence-corrected chi connectivity index (χ1v) is 6.35. The molecule has 0 unspecified atom stereocenters. The van der Waals surface area contributed by atoms with E-state index < -0.39 is 0 Å².